The van der Waals surface area contributed by atoms with Gasteiger partial charge in [0, 0.05) is 37.3 Å². The molecule has 0 atom stereocenters. The number of phenolic OH excluding ortho intramolecular Hbond substituents is 2. The van der Waals surface area contributed by atoms with Crippen molar-refractivity contribution in [1.29, 1.82) is 0 Å². The van der Waals surface area contributed by atoms with Crippen molar-refractivity contribution in [3.05, 3.63) is 40.7 Å². The van der Waals surface area contributed by atoms with E-state index in [1.165, 1.54) is 6.07 Å². The standard InChI is InChI=1S/C20H25N3O4/c1-11(2)14-7-15(18(25)8-17(14)24)19(26)23-6-5-16-13(10-23)9-21-20(22-16)27-12(3)4/h7-9,11-12,24-25H,5-6,10H2,1-4H3. The first-order chi connectivity index (χ1) is 12.8. The highest BCUT2D eigenvalue weighted by Crippen LogP contribution is 2.33. The fraction of sp³-hybridized carbons (Fsp3) is 0.450. The van der Waals surface area contributed by atoms with Gasteiger partial charge in [0.1, 0.15) is 11.5 Å². The van der Waals surface area contributed by atoms with Crippen LogP contribution in [0.3, 0.4) is 0 Å². The molecule has 2 aromatic rings. The van der Waals surface area contributed by atoms with Crippen LogP contribution in [0.2, 0.25) is 0 Å². The maximum absolute atomic E-state index is 12.9. The van der Waals surface area contributed by atoms with E-state index < -0.39 is 0 Å². The smallest absolute Gasteiger partial charge is 0.316 e. The zero-order valence-corrected chi connectivity index (χ0v) is 16.1. The van der Waals surface area contributed by atoms with E-state index in [0.717, 1.165) is 11.3 Å². The molecule has 0 saturated carbocycles. The Hall–Kier alpha value is -2.83. The molecule has 27 heavy (non-hydrogen) atoms. The number of benzene rings is 1. The Balaban J connectivity index is 1.83. The molecule has 0 spiro atoms. The first-order valence-electron chi connectivity index (χ1n) is 9.12. The lowest BCUT2D eigenvalue weighted by molar-refractivity contribution is 0.0729. The summed E-state index contributed by atoms with van der Waals surface area (Å²) in [5, 5.41) is 20.1. The third-order valence-electron chi connectivity index (χ3n) is 4.54. The van der Waals surface area contributed by atoms with Gasteiger partial charge in [-0.05, 0) is 31.4 Å². The molecular formula is C20H25N3O4. The number of hydrogen-bond donors (Lipinski definition) is 2. The molecule has 1 aliphatic rings. The van der Waals surface area contributed by atoms with E-state index in [4.69, 9.17) is 4.74 Å². The second-order valence-corrected chi connectivity index (χ2v) is 7.35. The minimum absolute atomic E-state index is 0.00246. The van der Waals surface area contributed by atoms with Gasteiger partial charge in [-0.1, -0.05) is 13.8 Å². The maximum Gasteiger partial charge on any atom is 0.316 e. The number of amides is 1. The Morgan fingerprint density at radius 1 is 1.19 bits per heavy atom. The van der Waals surface area contributed by atoms with Crippen molar-refractivity contribution >= 4 is 5.91 Å². The summed E-state index contributed by atoms with van der Waals surface area (Å²) >= 11 is 0. The summed E-state index contributed by atoms with van der Waals surface area (Å²) in [5.41, 5.74) is 2.57. The van der Waals surface area contributed by atoms with E-state index in [9.17, 15) is 15.0 Å². The van der Waals surface area contributed by atoms with Crippen LogP contribution in [0.25, 0.3) is 0 Å². The Kier molecular flexibility index (Phi) is 5.21. The monoisotopic (exact) mass is 371 g/mol. The largest absolute Gasteiger partial charge is 0.508 e. The van der Waals surface area contributed by atoms with Crippen LogP contribution >= 0.6 is 0 Å². The number of carbonyl (C=O) groups excluding carboxylic acids is 1. The van der Waals surface area contributed by atoms with Crippen LogP contribution in [0.5, 0.6) is 17.5 Å². The van der Waals surface area contributed by atoms with Crippen LogP contribution in [0, 0.1) is 0 Å². The van der Waals surface area contributed by atoms with Gasteiger partial charge < -0.3 is 19.8 Å². The van der Waals surface area contributed by atoms with Gasteiger partial charge in [-0.2, -0.15) is 4.98 Å². The summed E-state index contributed by atoms with van der Waals surface area (Å²) in [6.07, 6.45) is 2.28. The van der Waals surface area contributed by atoms with Gasteiger partial charge in [0.15, 0.2) is 0 Å². The molecular weight excluding hydrogens is 346 g/mol. The van der Waals surface area contributed by atoms with Crippen molar-refractivity contribution in [3.63, 3.8) is 0 Å². The fourth-order valence-corrected chi connectivity index (χ4v) is 3.14. The molecule has 0 bridgehead atoms. The predicted molar refractivity (Wildman–Crippen MR) is 100 cm³/mol. The number of nitrogens with zero attached hydrogens (tertiary/aromatic N) is 3. The lowest BCUT2D eigenvalue weighted by Gasteiger charge is -2.28. The molecule has 7 heteroatoms. The third-order valence-corrected chi connectivity index (χ3v) is 4.54. The van der Waals surface area contributed by atoms with Crippen molar-refractivity contribution in [2.24, 2.45) is 0 Å². The van der Waals surface area contributed by atoms with E-state index in [1.54, 1.807) is 17.2 Å². The number of phenols is 2. The van der Waals surface area contributed by atoms with Gasteiger partial charge in [-0.3, -0.25) is 4.79 Å². The van der Waals surface area contributed by atoms with Crippen LogP contribution in [0.15, 0.2) is 18.3 Å². The number of fused-ring (bicyclic) bond motifs is 1. The Labute approximate surface area is 158 Å². The van der Waals surface area contributed by atoms with Crippen LogP contribution in [0.4, 0.5) is 0 Å². The summed E-state index contributed by atoms with van der Waals surface area (Å²) in [6, 6.07) is 3.16. The molecule has 1 aromatic heterocycles. The van der Waals surface area contributed by atoms with Crippen molar-refractivity contribution < 1.29 is 19.7 Å². The molecule has 1 aromatic carbocycles. The van der Waals surface area contributed by atoms with E-state index in [-0.39, 0.29) is 35.0 Å². The first kappa shape index (κ1) is 18.9. The zero-order chi connectivity index (χ0) is 19.7. The quantitative estimate of drug-likeness (QED) is 0.858. The van der Waals surface area contributed by atoms with Crippen LogP contribution in [-0.4, -0.2) is 43.6 Å². The van der Waals surface area contributed by atoms with E-state index in [1.807, 2.05) is 27.7 Å². The van der Waals surface area contributed by atoms with Gasteiger partial charge in [0.2, 0.25) is 0 Å². The minimum atomic E-state index is -0.275. The fourth-order valence-electron chi connectivity index (χ4n) is 3.14. The Morgan fingerprint density at radius 3 is 2.59 bits per heavy atom. The number of carbonyl (C=O) groups is 1. The molecule has 0 unspecified atom stereocenters. The normalized spacial score (nSPS) is 13.8. The van der Waals surface area contributed by atoms with Gasteiger partial charge in [-0.25, -0.2) is 4.98 Å². The number of aromatic nitrogens is 2. The summed E-state index contributed by atoms with van der Waals surface area (Å²) in [7, 11) is 0. The molecule has 3 rings (SSSR count). The van der Waals surface area contributed by atoms with E-state index in [0.29, 0.717) is 31.1 Å². The Morgan fingerprint density at radius 2 is 1.93 bits per heavy atom. The van der Waals surface area contributed by atoms with Gasteiger partial charge in [-0.15, -0.1) is 0 Å². The second kappa shape index (κ2) is 7.42. The average molecular weight is 371 g/mol. The molecule has 0 aliphatic carbocycles. The molecule has 2 heterocycles. The number of hydrogen-bond acceptors (Lipinski definition) is 6. The summed E-state index contributed by atoms with van der Waals surface area (Å²) in [5.74, 6) is -0.465. The molecule has 0 fully saturated rings. The minimum Gasteiger partial charge on any atom is -0.508 e. The van der Waals surface area contributed by atoms with E-state index in [2.05, 4.69) is 9.97 Å². The molecule has 144 valence electrons. The molecule has 0 saturated heterocycles. The van der Waals surface area contributed by atoms with Crippen molar-refractivity contribution in [1.82, 2.24) is 14.9 Å². The summed E-state index contributed by atoms with van der Waals surface area (Å²) in [6.45, 7) is 8.53. The van der Waals surface area contributed by atoms with Gasteiger partial charge in [0.05, 0.1) is 17.4 Å². The molecule has 0 radical (unpaired) electrons. The lowest BCUT2D eigenvalue weighted by Crippen LogP contribution is -2.36. The van der Waals surface area contributed by atoms with E-state index >= 15 is 0 Å². The van der Waals surface area contributed by atoms with Crippen LogP contribution < -0.4 is 4.74 Å². The summed E-state index contributed by atoms with van der Waals surface area (Å²) in [4.78, 5) is 23.2. The highest BCUT2D eigenvalue weighted by Gasteiger charge is 2.26. The molecule has 1 amide bonds. The zero-order valence-electron chi connectivity index (χ0n) is 16.1. The van der Waals surface area contributed by atoms with Crippen molar-refractivity contribution in [3.8, 4) is 17.5 Å². The molecule has 1 aliphatic heterocycles. The SMILES string of the molecule is CC(C)Oc1ncc2c(n1)CCN(C(=O)c1cc(C(C)C)c(O)cc1O)C2. The van der Waals surface area contributed by atoms with Crippen molar-refractivity contribution in [2.45, 2.75) is 52.7 Å². The second-order valence-electron chi connectivity index (χ2n) is 7.35. The number of aromatic hydroxyl groups is 2. The van der Waals surface area contributed by atoms with Gasteiger partial charge >= 0.3 is 6.01 Å². The van der Waals surface area contributed by atoms with Crippen LogP contribution in [-0.2, 0) is 13.0 Å². The lowest BCUT2D eigenvalue weighted by atomic mass is 9.97. The van der Waals surface area contributed by atoms with Crippen LogP contribution in [0.1, 0.15) is 60.8 Å². The third kappa shape index (κ3) is 3.97. The Bertz CT molecular complexity index is 865. The molecule has 2 N–H and O–H groups in total. The highest BCUT2D eigenvalue weighted by atomic mass is 16.5. The summed E-state index contributed by atoms with van der Waals surface area (Å²) < 4.78 is 5.53. The number of ether oxygens (including phenoxy) is 1. The maximum atomic E-state index is 12.9. The van der Waals surface area contributed by atoms with Crippen molar-refractivity contribution in [2.75, 3.05) is 6.54 Å². The predicted octanol–water partition coefficient (Wildman–Crippen LogP) is 3.00. The number of rotatable bonds is 4. The molecule has 7 nitrogen and oxygen atoms in total. The highest BCUT2D eigenvalue weighted by molar-refractivity contribution is 5.97. The topological polar surface area (TPSA) is 95.8 Å². The average Bonchev–Trinajstić information content (AvgIpc) is 2.60. The first-order valence-corrected chi connectivity index (χ1v) is 9.12. The van der Waals surface area contributed by atoms with Gasteiger partial charge in [0.25, 0.3) is 5.91 Å².